The summed E-state index contributed by atoms with van der Waals surface area (Å²) in [6.45, 7) is 0. The number of nitrogens with one attached hydrogen (secondary N) is 1. The molecule has 2 aromatic carbocycles. The van der Waals surface area contributed by atoms with Gasteiger partial charge in [0.2, 0.25) is 5.88 Å². The fraction of sp³-hybridized carbons (Fsp3) is 0. The highest BCUT2D eigenvalue weighted by Gasteiger charge is 2.15. The molecule has 0 spiro atoms. The van der Waals surface area contributed by atoms with Gasteiger partial charge in [-0.05, 0) is 30.3 Å². The Hall–Kier alpha value is -2.28. The molecule has 1 aromatic heterocycles. The molecular weight excluding hydrogens is 344 g/mol. The highest BCUT2D eigenvalue weighted by molar-refractivity contribution is 9.10. The van der Waals surface area contributed by atoms with Crippen molar-refractivity contribution in [3.63, 3.8) is 0 Å². The van der Waals surface area contributed by atoms with E-state index in [4.69, 9.17) is 0 Å². The smallest absolute Gasteiger partial charge is 0.218 e. The quantitative estimate of drug-likeness (QED) is 0.602. The van der Waals surface area contributed by atoms with E-state index in [2.05, 4.69) is 31.1 Å². The first kappa shape index (κ1) is 13.7. The van der Waals surface area contributed by atoms with Gasteiger partial charge < -0.3 is 10.1 Å². The summed E-state index contributed by atoms with van der Waals surface area (Å²) in [5.74, 6) is -1.92. The van der Waals surface area contributed by atoms with E-state index in [1.165, 1.54) is 0 Å². The first-order chi connectivity index (χ1) is 10.0. The number of nitrogens with zero attached hydrogens (tertiary/aromatic N) is 2. The van der Waals surface area contributed by atoms with Gasteiger partial charge in [0, 0.05) is 15.9 Å². The molecule has 0 aliphatic rings. The maximum absolute atomic E-state index is 13.6. The Labute approximate surface area is 126 Å². The van der Waals surface area contributed by atoms with E-state index in [1.807, 2.05) is 0 Å². The maximum Gasteiger partial charge on any atom is 0.218 e. The predicted molar refractivity (Wildman–Crippen MR) is 78.2 cm³/mol. The van der Waals surface area contributed by atoms with Gasteiger partial charge in [0.1, 0.15) is 11.6 Å². The van der Waals surface area contributed by atoms with Gasteiger partial charge in [0.15, 0.2) is 5.69 Å². The fourth-order valence-electron chi connectivity index (χ4n) is 1.91. The average molecular weight is 352 g/mol. The summed E-state index contributed by atoms with van der Waals surface area (Å²) in [4.78, 5) is 2.42. The molecule has 0 bridgehead atoms. The van der Waals surface area contributed by atoms with Crippen LogP contribution >= 0.6 is 15.9 Å². The molecule has 106 valence electrons. The van der Waals surface area contributed by atoms with Crippen molar-refractivity contribution in [1.82, 2.24) is 4.98 Å². The molecule has 0 fully saturated rings. The molecule has 0 radical (unpaired) electrons. The Morgan fingerprint density at radius 3 is 2.48 bits per heavy atom. The largest absolute Gasteiger partial charge is 0.493 e. The predicted octanol–water partition coefficient (Wildman–Crippen LogP) is 5.33. The molecule has 3 rings (SSSR count). The Morgan fingerprint density at radius 1 is 1.05 bits per heavy atom. The first-order valence-corrected chi connectivity index (χ1v) is 6.71. The van der Waals surface area contributed by atoms with E-state index in [0.29, 0.717) is 5.69 Å². The molecule has 2 N–H and O–H groups in total. The van der Waals surface area contributed by atoms with Crippen LogP contribution in [0.4, 0.5) is 20.2 Å². The molecule has 4 nitrogen and oxygen atoms in total. The Kier molecular flexibility index (Phi) is 3.42. The van der Waals surface area contributed by atoms with E-state index >= 15 is 0 Å². The lowest BCUT2D eigenvalue weighted by Crippen LogP contribution is -1.80. The van der Waals surface area contributed by atoms with E-state index in [9.17, 15) is 13.9 Å². The van der Waals surface area contributed by atoms with Gasteiger partial charge in [-0.3, -0.25) is 0 Å². The molecule has 0 amide bonds. The standard InChI is InChI=1S/C14H8BrF2N3O/c15-7-1-3-9(4-2-7)19-20-13-10-5-8(16)6-11(17)12(10)18-14(13)21/h1-6,18,21H. The van der Waals surface area contributed by atoms with Gasteiger partial charge >= 0.3 is 0 Å². The minimum absolute atomic E-state index is 0.00804. The van der Waals surface area contributed by atoms with Crippen LogP contribution in [0, 0.1) is 11.6 Å². The lowest BCUT2D eigenvalue weighted by molar-refractivity contribution is 0.459. The molecule has 7 heteroatoms. The molecule has 0 unspecified atom stereocenters. The number of halogens is 3. The van der Waals surface area contributed by atoms with Crippen molar-refractivity contribution in [3.8, 4) is 5.88 Å². The SMILES string of the molecule is Oc1[nH]c2c(F)cc(F)cc2c1N=Nc1ccc(Br)cc1. The number of aromatic nitrogens is 1. The van der Waals surface area contributed by atoms with E-state index in [0.717, 1.165) is 16.6 Å². The summed E-state index contributed by atoms with van der Waals surface area (Å²) in [6.07, 6.45) is 0. The van der Waals surface area contributed by atoms with Crippen molar-refractivity contribution in [2.45, 2.75) is 0 Å². The van der Waals surface area contributed by atoms with Crippen molar-refractivity contribution < 1.29 is 13.9 Å². The van der Waals surface area contributed by atoms with Gasteiger partial charge in [-0.25, -0.2) is 8.78 Å². The van der Waals surface area contributed by atoms with Crippen LogP contribution in [-0.2, 0) is 0 Å². The van der Waals surface area contributed by atoms with E-state index in [1.54, 1.807) is 24.3 Å². The molecule has 0 aliphatic carbocycles. The summed E-state index contributed by atoms with van der Waals surface area (Å²) in [5.41, 5.74) is 0.522. The minimum atomic E-state index is -0.801. The monoisotopic (exact) mass is 351 g/mol. The summed E-state index contributed by atoms with van der Waals surface area (Å²) in [6, 6.07) is 8.80. The molecule has 1 heterocycles. The number of fused-ring (bicyclic) bond motifs is 1. The Bertz CT molecular complexity index is 844. The van der Waals surface area contributed by atoms with Gasteiger partial charge in [-0.1, -0.05) is 15.9 Å². The van der Waals surface area contributed by atoms with Crippen molar-refractivity contribution >= 4 is 38.2 Å². The highest BCUT2D eigenvalue weighted by Crippen LogP contribution is 2.37. The Morgan fingerprint density at radius 2 is 1.76 bits per heavy atom. The molecule has 0 atom stereocenters. The minimum Gasteiger partial charge on any atom is -0.493 e. The summed E-state index contributed by atoms with van der Waals surface area (Å²) in [7, 11) is 0. The third-order valence-corrected chi connectivity index (χ3v) is 3.40. The second kappa shape index (κ2) is 5.25. The molecular formula is C14H8BrF2N3O. The number of H-pyrrole nitrogens is 1. The first-order valence-electron chi connectivity index (χ1n) is 5.91. The van der Waals surface area contributed by atoms with Crippen molar-refractivity contribution in [3.05, 3.63) is 52.5 Å². The number of aromatic hydroxyl groups is 1. The zero-order valence-electron chi connectivity index (χ0n) is 10.4. The number of azo groups is 1. The topological polar surface area (TPSA) is 60.7 Å². The van der Waals surface area contributed by atoms with Crippen LogP contribution in [0.1, 0.15) is 0 Å². The van der Waals surface area contributed by atoms with Gasteiger partial charge in [0.25, 0.3) is 0 Å². The van der Waals surface area contributed by atoms with E-state index in [-0.39, 0.29) is 22.5 Å². The molecule has 0 saturated heterocycles. The van der Waals surface area contributed by atoms with Crippen LogP contribution in [0.2, 0.25) is 0 Å². The zero-order valence-corrected chi connectivity index (χ0v) is 12.0. The fourth-order valence-corrected chi connectivity index (χ4v) is 2.17. The lowest BCUT2D eigenvalue weighted by Gasteiger charge is -1.95. The lowest BCUT2D eigenvalue weighted by atomic mass is 10.2. The van der Waals surface area contributed by atoms with Gasteiger partial charge in [0.05, 0.1) is 11.2 Å². The number of benzene rings is 2. The number of hydrogen-bond acceptors (Lipinski definition) is 3. The summed E-state index contributed by atoms with van der Waals surface area (Å²) in [5, 5.41) is 17.7. The third kappa shape index (κ3) is 2.64. The molecule has 0 saturated carbocycles. The molecule has 3 aromatic rings. The van der Waals surface area contributed by atoms with Crippen LogP contribution in [0.25, 0.3) is 10.9 Å². The second-order valence-corrected chi connectivity index (χ2v) is 5.22. The van der Waals surface area contributed by atoms with Crippen LogP contribution in [0.15, 0.2) is 51.1 Å². The molecule has 0 aliphatic heterocycles. The summed E-state index contributed by atoms with van der Waals surface area (Å²) >= 11 is 3.29. The van der Waals surface area contributed by atoms with Gasteiger partial charge in [-0.2, -0.15) is 5.11 Å². The zero-order chi connectivity index (χ0) is 15.0. The highest BCUT2D eigenvalue weighted by atomic mass is 79.9. The van der Waals surface area contributed by atoms with Crippen LogP contribution in [0.5, 0.6) is 5.88 Å². The average Bonchev–Trinajstić information content (AvgIpc) is 2.75. The Balaban J connectivity index is 2.08. The number of rotatable bonds is 2. The van der Waals surface area contributed by atoms with Crippen LogP contribution in [-0.4, -0.2) is 10.1 Å². The van der Waals surface area contributed by atoms with Crippen LogP contribution in [0.3, 0.4) is 0 Å². The van der Waals surface area contributed by atoms with Crippen molar-refractivity contribution in [2.24, 2.45) is 10.2 Å². The molecule has 21 heavy (non-hydrogen) atoms. The van der Waals surface area contributed by atoms with E-state index < -0.39 is 11.6 Å². The van der Waals surface area contributed by atoms with Gasteiger partial charge in [-0.15, -0.1) is 5.11 Å². The number of aromatic amines is 1. The van der Waals surface area contributed by atoms with Crippen molar-refractivity contribution in [1.29, 1.82) is 0 Å². The summed E-state index contributed by atoms with van der Waals surface area (Å²) < 4.78 is 27.8. The normalized spacial score (nSPS) is 11.6. The maximum atomic E-state index is 13.6. The second-order valence-electron chi connectivity index (χ2n) is 4.31. The van der Waals surface area contributed by atoms with Crippen LogP contribution < -0.4 is 0 Å². The third-order valence-electron chi connectivity index (χ3n) is 2.87. The number of hydrogen-bond donors (Lipinski definition) is 2. The van der Waals surface area contributed by atoms with Crippen molar-refractivity contribution in [2.75, 3.05) is 0 Å².